The number of amides is 1. The average molecular weight is 388 g/mol. The van der Waals surface area contributed by atoms with Crippen LogP contribution in [0.2, 0.25) is 0 Å². The van der Waals surface area contributed by atoms with Crippen molar-refractivity contribution < 1.29 is 9.53 Å². The Bertz CT molecular complexity index is 875. The van der Waals surface area contributed by atoms with E-state index >= 15 is 0 Å². The van der Waals surface area contributed by atoms with Crippen molar-refractivity contribution >= 4 is 28.4 Å². The second-order valence-electron chi connectivity index (χ2n) is 9.82. The molecule has 0 saturated carbocycles. The summed E-state index contributed by atoms with van der Waals surface area (Å²) in [4.78, 5) is 14.5. The fraction of sp³-hybridized carbons (Fsp3) is 0.619. The third-order valence-corrected chi connectivity index (χ3v) is 5.01. The molecular formula is C21H33N5O2. The summed E-state index contributed by atoms with van der Waals surface area (Å²) in [6, 6.07) is 3.88. The Kier molecular flexibility index (Phi) is 4.98. The van der Waals surface area contributed by atoms with Crippen molar-refractivity contribution in [2.24, 2.45) is 5.92 Å². The van der Waals surface area contributed by atoms with Crippen LogP contribution in [0, 0.1) is 5.92 Å². The number of anilines is 2. The highest BCUT2D eigenvalue weighted by atomic mass is 16.6. The number of carbonyl (C=O) groups is 1. The molecule has 1 aromatic heterocycles. The summed E-state index contributed by atoms with van der Waals surface area (Å²) in [6.45, 7) is 15.6. The lowest BCUT2D eigenvalue weighted by atomic mass is 10.1. The summed E-state index contributed by atoms with van der Waals surface area (Å²) in [7, 11) is 0. The third-order valence-electron chi connectivity index (χ3n) is 5.01. The van der Waals surface area contributed by atoms with Crippen LogP contribution in [-0.4, -0.2) is 40.6 Å². The van der Waals surface area contributed by atoms with Gasteiger partial charge in [-0.15, -0.1) is 0 Å². The van der Waals surface area contributed by atoms with E-state index in [-0.39, 0.29) is 23.6 Å². The van der Waals surface area contributed by atoms with E-state index in [1.165, 1.54) is 0 Å². The zero-order chi connectivity index (χ0) is 20.9. The van der Waals surface area contributed by atoms with E-state index < -0.39 is 5.60 Å². The molecule has 0 spiro atoms. The quantitative estimate of drug-likeness (QED) is 0.767. The van der Waals surface area contributed by atoms with Crippen LogP contribution in [0.5, 0.6) is 0 Å². The number of rotatable bonds is 2. The molecule has 1 aromatic carbocycles. The van der Waals surface area contributed by atoms with Crippen molar-refractivity contribution in [1.82, 2.24) is 15.1 Å². The maximum absolute atomic E-state index is 12.2. The van der Waals surface area contributed by atoms with Crippen molar-refractivity contribution in [3.63, 3.8) is 0 Å². The summed E-state index contributed by atoms with van der Waals surface area (Å²) >= 11 is 0. The molecule has 7 heteroatoms. The van der Waals surface area contributed by atoms with Gasteiger partial charge in [0, 0.05) is 24.7 Å². The number of carbonyl (C=O) groups excluding carboxylic acids is 1. The van der Waals surface area contributed by atoms with Crippen LogP contribution in [0.3, 0.4) is 0 Å². The molecule has 28 heavy (non-hydrogen) atoms. The lowest BCUT2D eigenvalue weighted by Crippen LogP contribution is -2.42. The van der Waals surface area contributed by atoms with Crippen molar-refractivity contribution in [3.8, 4) is 0 Å². The molecule has 2 heterocycles. The highest BCUT2D eigenvalue weighted by Gasteiger charge is 2.34. The predicted octanol–water partition coefficient (Wildman–Crippen LogP) is 3.72. The maximum atomic E-state index is 12.2. The van der Waals surface area contributed by atoms with Gasteiger partial charge >= 0.3 is 6.09 Å². The summed E-state index contributed by atoms with van der Waals surface area (Å²) in [5.74, 6) is 0.278. The van der Waals surface area contributed by atoms with E-state index in [1.54, 1.807) is 0 Å². The van der Waals surface area contributed by atoms with Gasteiger partial charge in [0.15, 0.2) is 0 Å². The van der Waals surface area contributed by atoms with E-state index in [0.29, 0.717) is 6.54 Å². The molecule has 154 valence electrons. The van der Waals surface area contributed by atoms with Gasteiger partial charge in [0.1, 0.15) is 5.60 Å². The highest BCUT2D eigenvalue weighted by Crippen LogP contribution is 2.36. The van der Waals surface area contributed by atoms with E-state index in [0.717, 1.165) is 28.8 Å². The summed E-state index contributed by atoms with van der Waals surface area (Å²) in [5.41, 5.74) is 8.40. The first-order chi connectivity index (χ1) is 12.8. The summed E-state index contributed by atoms with van der Waals surface area (Å²) in [6.07, 6.45) is 1.69. The molecule has 0 radical (unpaired) electrons. The zero-order valence-corrected chi connectivity index (χ0v) is 18.0. The van der Waals surface area contributed by atoms with E-state index in [2.05, 4.69) is 44.1 Å². The van der Waals surface area contributed by atoms with Gasteiger partial charge in [-0.1, -0.05) is 6.92 Å². The van der Waals surface area contributed by atoms with Crippen LogP contribution in [0.15, 0.2) is 18.3 Å². The number of fused-ring (bicyclic) bond motifs is 1. The summed E-state index contributed by atoms with van der Waals surface area (Å²) in [5, 5.41) is 8.79. The topological polar surface area (TPSA) is 85.4 Å². The van der Waals surface area contributed by atoms with Crippen molar-refractivity contribution in [2.45, 2.75) is 65.6 Å². The number of nitrogens with two attached hydrogens (primary N) is 1. The average Bonchev–Trinajstić information content (AvgIpc) is 3.09. The highest BCUT2D eigenvalue weighted by molar-refractivity contribution is 5.98. The van der Waals surface area contributed by atoms with Crippen molar-refractivity contribution in [3.05, 3.63) is 18.3 Å². The molecule has 3 N–H and O–H groups in total. The SMILES string of the molecule is CC1CN(c2c(N)ccc3nn(C(C)(C)C)cc23)CC1NC(=O)OC(C)(C)C. The Morgan fingerprint density at radius 1 is 1.21 bits per heavy atom. The Morgan fingerprint density at radius 2 is 1.89 bits per heavy atom. The van der Waals surface area contributed by atoms with Gasteiger partial charge in [0.05, 0.1) is 28.5 Å². The smallest absolute Gasteiger partial charge is 0.407 e. The molecule has 3 rings (SSSR count). The van der Waals surface area contributed by atoms with E-state index in [4.69, 9.17) is 15.6 Å². The standard InChI is InChI=1S/C21H33N5O2/c1-13-10-25(12-17(13)23-19(27)28-21(5,6)7)18-14-11-26(20(2,3)4)24-16(14)9-8-15(18)22/h8-9,11,13,17H,10,12,22H2,1-7H3,(H,23,27). The number of nitrogens with one attached hydrogen (secondary N) is 1. The second kappa shape index (κ2) is 6.87. The Hall–Kier alpha value is -2.44. The number of benzene rings is 1. The van der Waals surface area contributed by atoms with Gasteiger partial charge in [0.25, 0.3) is 0 Å². The first-order valence-electron chi connectivity index (χ1n) is 9.88. The van der Waals surface area contributed by atoms with Crippen LogP contribution < -0.4 is 16.0 Å². The van der Waals surface area contributed by atoms with E-state index in [9.17, 15) is 4.79 Å². The Labute approximate surface area is 167 Å². The molecule has 2 unspecified atom stereocenters. The van der Waals surface area contributed by atoms with Gasteiger partial charge in [0.2, 0.25) is 0 Å². The Balaban J connectivity index is 1.86. The van der Waals surface area contributed by atoms with Crippen LogP contribution in [0.4, 0.5) is 16.2 Å². The Morgan fingerprint density at radius 3 is 2.50 bits per heavy atom. The van der Waals surface area contributed by atoms with Crippen LogP contribution in [0.1, 0.15) is 48.5 Å². The first kappa shape index (κ1) is 20.3. The fourth-order valence-electron chi connectivity index (χ4n) is 3.59. The number of aromatic nitrogens is 2. The monoisotopic (exact) mass is 387 g/mol. The molecule has 1 amide bonds. The zero-order valence-electron chi connectivity index (χ0n) is 18.0. The molecule has 1 saturated heterocycles. The maximum Gasteiger partial charge on any atom is 0.407 e. The van der Waals surface area contributed by atoms with Crippen LogP contribution in [0.25, 0.3) is 10.9 Å². The number of nitrogens with zero attached hydrogens (tertiary/aromatic N) is 3. The lowest BCUT2D eigenvalue weighted by Gasteiger charge is -2.23. The third kappa shape index (κ3) is 4.18. The molecule has 2 atom stereocenters. The van der Waals surface area contributed by atoms with Gasteiger partial charge in [-0.25, -0.2) is 4.79 Å². The van der Waals surface area contributed by atoms with Crippen LogP contribution >= 0.6 is 0 Å². The van der Waals surface area contributed by atoms with Gasteiger partial charge in [-0.2, -0.15) is 5.10 Å². The molecule has 0 bridgehead atoms. The second-order valence-corrected chi connectivity index (χ2v) is 9.82. The molecule has 1 aliphatic rings. The fourth-order valence-corrected chi connectivity index (χ4v) is 3.59. The first-order valence-corrected chi connectivity index (χ1v) is 9.88. The minimum absolute atomic E-state index is 0.00201. The van der Waals surface area contributed by atoms with Crippen molar-refractivity contribution in [2.75, 3.05) is 23.7 Å². The lowest BCUT2D eigenvalue weighted by molar-refractivity contribution is 0.0499. The number of nitrogen functional groups attached to an aromatic ring is 1. The van der Waals surface area contributed by atoms with Gasteiger partial charge in [-0.3, -0.25) is 4.68 Å². The molecule has 0 aliphatic carbocycles. The van der Waals surface area contributed by atoms with Crippen LogP contribution in [-0.2, 0) is 10.3 Å². The molecule has 1 aliphatic heterocycles. The number of alkyl carbamates (subject to hydrolysis) is 1. The van der Waals surface area contributed by atoms with Crippen molar-refractivity contribution in [1.29, 1.82) is 0 Å². The predicted molar refractivity (Wildman–Crippen MR) is 114 cm³/mol. The molecule has 2 aromatic rings. The molecular weight excluding hydrogens is 354 g/mol. The van der Waals surface area contributed by atoms with Gasteiger partial charge < -0.3 is 20.7 Å². The molecule has 7 nitrogen and oxygen atoms in total. The number of hydrogen-bond donors (Lipinski definition) is 2. The molecule has 1 fully saturated rings. The number of ether oxygens (including phenoxy) is 1. The minimum Gasteiger partial charge on any atom is -0.444 e. The minimum atomic E-state index is -0.511. The van der Waals surface area contributed by atoms with E-state index in [1.807, 2.05) is 37.6 Å². The number of hydrogen-bond acceptors (Lipinski definition) is 5. The summed E-state index contributed by atoms with van der Waals surface area (Å²) < 4.78 is 7.40. The largest absolute Gasteiger partial charge is 0.444 e. The normalized spacial score (nSPS) is 20.6. The van der Waals surface area contributed by atoms with Gasteiger partial charge in [-0.05, 0) is 59.6 Å².